The van der Waals surface area contributed by atoms with Gasteiger partial charge in [-0.1, -0.05) is 32.8 Å². The molecule has 1 heteroatoms. The first-order chi connectivity index (χ1) is 7.24. The van der Waals surface area contributed by atoms with Crippen LogP contribution in [0.25, 0.3) is 0 Å². The van der Waals surface area contributed by atoms with Crippen LogP contribution < -0.4 is 5.32 Å². The van der Waals surface area contributed by atoms with Gasteiger partial charge in [0.2, 0.25) is 0 Å². The van der Waals surface area contributed by atoms with Crippen molar-refractivity contribution in [2.45, 2.75) is 46.5 Å². The lowest BCUT2D eigenvalue weighted by molar-refractivity contribution is 0.854. The Labute approximate surface area is 93.9 Å². The Morgan fingerprint density at radius 3 is 2.27 bits per heavy atom. The number of benzene rings is 1. The molecule has 84 valence electrons. The van der Waals surface area contributed by atoms with Crippen molar-refractivity contribution in [2.75, 3.05) is 12.4 Å². The lowest BCUT2D eigenvalue weighted by Gasteiger charge is -2.15. The SMILES string of the molecule is CCCc1ccc(NC)c(C)c1CCC. The standard InChI is InChI=1S/C14H23N/c1-5-7-12-9-10-14(15-4)11(3)13(12)8-6-2/h9-10,15H,5-8H2,1-4H3. The first kappa shape index (κ1) is 12.1. The highest BCUT2D eigenvalue weighted by Crippen LogP contribution is 2.24. The van der Waals surface area contributed by atoms with Gasteiger partial charge in [-0.25, -0.2) is 0 Å². The molecular weight excluding hydrogens is 182 g/mol. The van der Waals surface area contributed by atoms with Gasteiger partial charge in [-0.2, -0.15) is 0 Å². The minimum Gasteiger partial charge on any atom is -0.388 e. The summed E-state index contributed by atoms with van der Waals surface area (Å²) < 4.78 is 0. The smallest absolute Gasteiger partial charge is 0.0370 e. The van der Waals surface area contributed by atoms with Gasteiger partial charge in [0.15, 0.2) is 0 Å². The number of hydrogen-bond acceptors (Lipinski definition) is 1. The van der Waals surface area contributed by atoms with Crippen molar-refractivity contribution in [2.24, 2.45) is 0 Å². The zero-order chi connectivity index (χ0) is 11.3. The molecule has 0 spiro atoms. The van der Waals surface area contributed by atoms with Crippen molar-refractivity contribution in [3.8, 4) is 0 Å². The molecular formula is C14H23N. The fourth-order valence-corrected chi connectivity index (χ4v) is 2.19. The monoisotopic (exact) mass is 205 g/mol. The van der Waals surface area contributed by atoms with E-state index in [9.17, 15) is 0 Å². The summed E-state index contributed by atoms with van der Waals surface area (Å²) in [5.74, 6) is 0. The molecule has 1 aromatic carbocycles. The Morgan fingerprint density at radius 2 is 1.73 bits per heavy atom. The largest absolute Gasteiger partial charge is 0.388 e. The number of rotatable bonds is 5. The third-order valence-corrected chi connectivity index (χ3v) is 2.98. The third kappa shape index (κ3) is 2.74. The molecule has 0 saturated heterocycles. The molecule has 1 N–H and O–H groups in total. The molecule has 0 radical (unpaired) electrons. The lowest BCUT2D eigenvalue weighted by atomic mass is 9.94. The molecule has 0 unspecified atom stereocenters. The second-order valence-electron chi connectivity index (χ2n) is 4.13. The van der Waals surface area contributed by atoms with Crippen molar-refractivity contribution < 1.29 is 0 Å². The van der Waals surface area contributed by atoms with Gasteiger partial charge in [0, 0.05) is 12.7 Å². The van der Waals surface area contributed by atoms with Gasteiger partial charge in [0.1, 0.15) is 0 Å². The Balaban J connectivity index is 3.11. The maximum atomic E-state index is 3.26. The lowest BCUT2D eigenvalue weighted by Crippen LogP contribution is -2.01. The summed E-state index contributed by atoms with van der Waals surface area (Å²) in [6.45, 7) is 6.73. The van der Waals surface area contributed by atoms with Gasteiger partial charge in [-0.15, -0.1) is 0 Å². The summed E-state index contributed by atoms with van der Waals surface area (Å²) in [5.41, 5.74) is 5.81. The normalized spacial score (nSPS) is 10.4. The summed E-state index contributed by atoms with van der Waals surface area (Å²) in [4.78, 5) is 0. The third-order valence-electron chi connectivity index (χ3n) is 2.98. The van der Waals surface area contributed by atoms with E-state index in [1.807, 2.05) is 7.05 Å². The van der Waals surface area contributed by atoms with E-state index < -0.39 is 0 Å². The molecule has 0 amide bonds. The first-order valence-electron chi connectivity index (χ1n) is 6.03. The van der Waals surface area contributed by atoms with Crippen LogP contribution in [-0.2, 0) is 12.8 Å². The number of nitrogens with one attached hydrogen (secondary N) is 1. The second-order valence-corrected chi connectivity index (χ2v) is 4.13. The minimum atomic E-state index is 1.21. The fraction of sp³-hybridized carbons (Fsp3) is 0.571. The fourth-order valence-electron chi connectivity index (χ4n) is 2.19. The topological polar surface area (TPSA) is 12.0 Å². The van der Waals surface area contributed by atoms with Crippen LogP contribution in [0, 0.1) is 6.92 Å². The van der Waals surface area contributed by atoms with Crippen LogP contribution in [0.2, 0.25) is 0 Å². The summed E-state index contributed by atoms with van der Waals surface area (Å²) in [6, 6.07) is 4.49. The maximum absolute atomic E-state index is 3.26. The van der Waals surface area contributed by atoms with E-state index in [0.717, 1.165) is 0 Å². The summed E-state index contributed by atoms with van der Waals surface area (Å²) in [7, 11) is 2.00. The first-order valence-corrected chi connectivity index (χ1v) is 6.03. The summed E-state index contributed by atoms with van der Waals surface area (Å²) in [6.07, 6.45) is 4.87. The van der Waals surface area contributed by atoms with Gasteiger partial charge in [-0.3, -0.25) is 0 Å². The number of aryl methyl sites for hydroxylation is 1. The molecule has 0 atom stereocenters. The van der Waals surface area contributed by atoms with Crippen LogP contribution in [0.3, 0.4) is 0 Å². The average Bonchev–Trinajstić information content (AvgIpc) is 2.24. The van der Waals surface area contributed by atoms with Crippen LogP contribution in [0.1, 0.15) is 43.4 Å². The second kappa shape index (κ2) is 5.79. The zero-order valence-corrected chi connectivity index (χ0v) is 10.5. The molecule has 0 saturated carbocycles. The highest BCUT2D eigenvalue weighted by molar-refractivity contribution is 5.56. The molecule has 0 aliphatic heterocycles. The van der Waals surface area contributed by atoms with Crippen molar-refractivity contribution in [1.29, 1.82) is 0 Å². The summed E-state index contributed by atoms with van der Waals surface area (Å²) in [5, 5.41) is 3.26. The molecule has 15 heavy (non-hydrogen) atoms. The molecule has 0 fully saturated rings. The summed E-state index contributed by atoms with van der Waals surface area (Å²) >= 11 is 0. The zero-order valence-electron chi connectivity index (χ0n) is 10.5. The van der Waals surface area contributed by atoms with Crippen LogP contribution in [-0.4, -0.2) is 7.05 Å². The Kier molecular flexibility index (Phi) is 4.67. The van der Waals surface area contributed by atoms with Gasteiger partial charge in [-0.05, 0) is 42.5 Å². The van der Waals surface area contributed by atoms with E-state index in [0.29, 0.717) is 0 Å². The predicted molar refractivity (Wildman–Crippen MR) is 68.7 cm³/mol. The van der Waals surface area contributed by atoms with E-state index >= 15 is 0 Å². The highest BCUT2D eigenvalue weighted by Gasteiger charge is 2.07. The van der Waals surface area contributed by atoms with Crippen LogP contribution >= 0.6 is 0 Å². The van der Waals surface area contributed by atoms with Crippen molar-refractivity contribution in [3.05, 3.63) is 28.8 Å². The van der Waals surface area contributed by atoms with E-state index in [1.165, 1.54) is 42.5 Å². The van der Waals surface area contributed by atoms with Crippen molar-refractivity contribution in [3.63, 3.8) is 0 Å². The molecule has 0 aliphatic carbocycles. The molecule has 1 nitrogen and oxygen atoms in total. The maximum Gasteiger partial charge on any atom is 0.0370 e. The molecule has 0 bridgehead atoms. The minimum absolute atomic E-state index is 1.21. The van der Waals surface area contributed by atoms with Crippen LogP contribution in [0.4, 0.5) is 5.69 Å². The Bertz CT molecular complexity index is 315. The molecule has 0 heterocycles. The molecule has 1 rings (SSSR count). The van der Waals surface area contributed by atoms with Gasteiger partial charge >= 0.3 is 0 Å². The van der Waals surface area contributed by atoms with E-state index in [1.54, 1.807) is 5.56 Å². The molecule has 1 aromatic rings. The van der Waals surface area contributed by atoms with Crippen LogP contribution in [0.5, 0.6) is 0 Å². The number of anilines is 1. The van der Waals surface area contributed by atoms with E-state index in [2.05, 4.69) is 38.2 Å². The van der Waals surface area contributed by atoms with Crippen molar-refractivity contribution in [1.82, 2.24) is 0 Å². The van der Waals surface area contributed by atoms with E-state index in [4.69, 9.17) is 0 Å². The van der Waals surface area contributed by atoms with Gasteiger partial charge in [0.05, 0.1) is 0 Å². The highest BCUT2D eigenvalue weighted by atomic mass is 14.8. The molecule has 0 aromatic heterocycles. The van der Waals surface area contributed by atoms with E-state index in [-0.39, 0.29) is 0 Å². The number of hydrogen-bond donors (Lipinski definition) is 1. The Morgan fingerprint density at radius 1 is 1.07 bits per heavy atom. The average molecular weight is 205 g/mol. The molecule has 0 aliphatic rings. The van der Waals surface area contributed by atoms with Crippen molar-refractivity contribution >= 4 is 5.69 Å². The predicted octanol–water partition coefficient (Wildman–Crippen LogP) is 3.94. The quantitative estimate of drug-likeness (QED) is 0.767. The van der Waals surface area contributed by atoms with Gasteiger partial charge < -0.3 is 5.32 Å². The van der Waals surface area contributed by atoms with Gasteiger partial charge in [0.25, 0.3) is 0 Å². The van der Waals surface area contributed by atoms with Crippen LogP contribution in [0.15, 0.2) is 12.1 Å². The Hall–Kier alpha value is -0.980.